The fourth-order valence-electron chi connectivity index (χ4n) is 2.41. The van der Waals surface area contributed by atoms with Crippen LogP contribution in [0.3, 0.4) is 0 Å². The molecule has 2 aliphatic rings. The van der Waals surface area contributed by atoms with Crippen molar-refractivity contribution in [3.05, 3.63) is 12.2 Å². The first-order chi connectivity index (χ1) is 9.67. The van der Waals surface area contributed by atoms with Crippen LogP contribution in [0.25, 0.3) is 0 Å². The number of rotatable bonds is 1. The van der Waals surface area contributed by atoms with Gasteiger partial charge in [-0.3, -0.25) is 4.79 Å². The maximum Gasteiger partial charge on any atom is 0.420 e. The Labute approximate surface area is 123 Å². The number of hydrogen-bond acceptors (Lipinski definition) is 5. The topological polar surface area (TPSA) is 84.9 Å². The molecule has 0 spiro atoms. The van der Waals surface area contributed by atoms with E-state index in [1.807, 2.05) is 0 Å². The lowest BCUT2D eigenvalue weighted by Gasteiger charge is -2.42. The lowest BCUT2D eigenvalue weighted by Crippen LogP contribution is -2.61. The third kappa shape index (κ3) is 3.53. The van der Waals surface area contributed by atoms with E-state index in [1.54, 1.807) is 32.9 Å². The van der Waals surface area contributed by atoms with Crippen LogP contribution in [0.2, 0.25) is 0 Å². The van der Waals surface area contributed by atoms with Crippen LogP contribution >= 0.6 is 0 Å². The second-order valence-corrected chi connectivity index (χ2v) is 6.19. The molecule has 0 saturated carbocycles. The van der Waals surface area contributed by atoms with E-state index in [0.29, 0.717) is 6.42 Å². The van der Waals surface area contributed by atoms with Gasteiger partial charge in [0.15, 0.2) is 0 Å². The summed E-state index contributed by atoms with van der Waals surface area (Å²) in [4.78, 5) is 36.5. The number of nitrogens with zero attached hydrogens (tertiary/aromatic N) is 1. The van der Waals surface area contributed by atoms with Gasteiger partial charge in [-0.25, -0.2) is 14.5 Å². The average molecular weight is 296 g/mol. The lowest BCUT2D eigenvalue weighted by molar-refractivity contribution is -0.120. The highest BCUT2D eigenvalue weighted by molar-refractivity contribution is 5.89. The summed E-state index contributed by atoms with van der Waals surface area (Å²) in [7, 11) is 0. The Morgan fingerprint density at radius 3 is 2.62 bits per heavy atom. The van der Waals surface area contributed by atoms with E-state index in [2.05, 4.69) is 5.32 Å². The monoisotopic (exact) mass is 296 g/mol. The van der Waals surface area contributed by atoms with Gasteiger partial charge in [0.1, 0.15) is 11.7 Å². The summed E-state index contributed by atoms with van der Waals surface area (Å²) in [6, 6.07) is -0.931. The quantitative estimate of drug-likeness (QED) is 0.742. The fourth-order valence-corrected chi connectivity index (χ4v) is 2.41. The molecular formula is C14H20N2O5. The second kappa shape index (κ2) is 5.38. The van der Waals surface area contributed by atoms with Crippen molar-refractivity contribution in [3.63, 3.8) is 0 Å². The van der Waals surface area contributed by atoms with Crippen molar-refractivity contribution < 1.29 is 23.9 Å². The van der Waals surface area contributed by atoms with Crippen molar-refractivity contribution in [2.75, 3.05) is 0 Å². The van der Waals surface area contributed by atoms with Crippen molar-refractivity contribution >= 4 is 18.1 Å². The number of amides is 3. The summed E-state index contributed by atoms with van der Waals surface area (Å²) in [6.45, 7) is 6.54. The highest BCUT2D eigenvalue weighted by Crippen LogP contribution is 2.28. The molecule has 0 aromatic rings. The molecule has 1 heterocycles. The van der Waals surface area contributed by atoms with Crippen LogP contribution in [-0.4, -0.2) is 46.8 Å². The van der Waals surface area contributed by atoms with Crippen molar-refractivity contribution in [2.45, 2.75) is 57.9 Å². The first-order valence-electron chi connectivity index (χ1n) is 6.85. The summed E-state index contributed by atoms with van der Waals surface area (Å²) >= 11 is 0. The molecule has 1 N–H and O–H groups in total. The first kappa shape index (κ1) is 15.3. The number of nitrogens with one attached hydrogen (secondary N) is 1. The highest BCUT2D eigenvalue weighted by Gasteiger charge is 2.45. The molecule has 0 aromatic heterocycles. The van der Waals surface area contributed by atoms with Gasteiger partial charge in [0.2, 0.25) is 5.91 Å². The smallest absolute Gasteiger partial charge is 0.420 e. The van der Waals surface area contributed by atoms with E-state index >= 15 is 0 Å². The van der Waals surface area contributed by atoms with Crippen molar-refractivity contribution in [2.24, 2.45) is 0 Å². The van der Waals surface area contributed by atoms with Crippen molar-refractivity contribution in [3.8, 4) is 0 Å². The van der Waals surface area contributed by atoms with Crippen LogP contribution in [0.4, 0.5) is 9.59 Å². The largest absolute Gasteiger partial charge is 0.443 e. The molecule has 1 fully saturated rings. The summed E-state index contributed by atoms with van der Waals surface area (Å²) in [5, 5.41) is 2.72. The molecule has 0 radical (unpaired) electrons. The minimum Gasteiger partial charge on any atom is -0.443 e. The minimum atomic E-state index is -0.762. The van der Waals surface area contributed by atoms with Crippen molar-refractivity contribution in [1.82, 2.24) is 10.2 Å². The van der Waals surface area contributed by atoms with Crippen LogP contribution in [0.5, 0.6) is 0 Å². The van der Waals surface area contributed by atoms with Gasteiger partial charge in [0, 0.05) is 13.3 Å². The van der Waals surface area contributed by atoms with Crippen LogP contribution < -0.4 is 5.32 Å². The molecule has 0 unspecified atom stereocenters. The minimum absolute atomic E-state index is 0.230. The Bertz CT molecular complexity index is 494. The maximum absolute atomic E-state index is 12.2. The standard InChI is InChI=1S/C14H20N2O5/c1-8(17)15-10-6-5-9-7-11(10)16(12(18)20-9)13(19)21-14(2,3)4/h5-6,9-11H,7H2,1-4H3,(H,15,17)/t9-,10-,11-/m0/s1. The Morgan fingerprint density at radius 2 is 2.05 bits per heavy atom. The van der Waals surface area contributed by atoms with Gasteiger partial charge in [-0.15, -0.1) is 0 Å². The number of fused-ring (bicyclic) bond motifs is 2. The van der Waals surface area contributed by atoms with Crippen LogP contribution in [0.15, 0.2) is 12.2 Å². The predicted molar refractivity (Wildman–Crippen MR) is 73.5 cm³/mol. The average Bonchev–Trinajstić information content (AvgIpc) is 2.29. The van der Waals surface area contributed by atoms with E-state index in [0.717, 1.165) is 4.90 Å². The molecule has 2 bridgehead atoms. The molecule has 1 aliphatic carbocycles. The molecule has 116 valence electrons. The van der Waals surface area contributed by atoms with E-state index in [1.165, 1.54) is 6.92 Å². The fraction of sp³-hybridized carbons (Fsp3) is 0.643. The second-order valence-electron chi connectivity index (χ2n) is 6.19. The SMILES string of the molecule is CC(=O)N[C@H]1C=C[C@H]2C[C@@H]1N(C(=O)OC(C)(C)C)C(=O)O2. The van der Waals surface area contributed by atoms with E-state index in [4.69, 9.17) is 9.47 Å². The molecule has 0 aromatic carbocycles. The van der Waals surface area contributed by atoms with Gasteiger partial charge < -0.3 is 14.8 Å². The van der Waals surface area contributed by atoms with Crippen LogP contribution in [0.1, 0.15) is 34.1 Å². The number of hydrogen-bond donors (Lipinski definition) is 1. The normalized spacial score (nSPS) is 27.9. The van der Waals surface area contributed by atoms with E-state index in [-0.39, 0.29) is 12.0 Å². The number of carbonyl (C=O) groups is 3. The van der Waals surface area contributed by atoms with Gasteiger partial charge in [-0.2, -0.15) is 0 Å². The molecule has 3 atom stereocenters. The molecule has 2 rings (SSSR count). The number of imide groups is 1. The van der Waals surface area contributed by atoms with Gasteiger partial charge in [0.25, 0.3) is 0 Å². The highest BCUT2D eigenvalue weighted by atomic mass is 16.6. The summed E-state index contributed by atoms with van der Waals surface area (Å²) < 4.78 is 10.4. The van der Waals surface area contributed by atoms with Gasteiger partial charge in [0.05, 0.1) is 12.1 Å². The van der Waals surface area contributed by atoms with Gasteiger partial charge in [-0.1, -0.05) is 6.08 Å². The summed E-state index contributed by atoms with van der Waals surface area (Å²) in [6.07, 6.45) is 2.02. The Kier molecular flexibility index (Phi) is 3.93. The molecule has 3 amide bonds. The molecule has 1 aliphatic heterocycles. The number of carbonyl (C=O) groups excluding carboxylic acids is 3. The number of ether oxygens (including phenoxy) is 2. The maximum atomic E-state index is 12.2. The zero-order valence-corrected chi connectivity index (χ0v) is 12.6. The van der Waals surface area contributed by atoms with E-state index < -0.39 is 29.9 Å². The first-order valence-corrected chi connectivity index (χ1v) is 6.85. The van der Waals surface area contributed by atoms with E-state index in [9.17, 15) is 14.4 Å². The van der Waals surface area contributed by atoms with Gasteiger partial charge in [-0.05, 0) is 26.8 Å². The van der Waals surface area contributed by atoms with Gasteiger partial charge >= 0.3 is 12.2 Å². The summed E-state index contributed by atoms with van der Waals surface area (Å²) in [5.74, 6) is -0.230. The Hall–Kier alpha value is -2.05. The predicted octanol–water partition coefficient (Wildman–Crippen LogP) is 1.58. The van der Waals surface area contributed by atoms with Crippen LogP contribution in [0, 0.1) is 0 Å². The molecule has 21 heavy (non-hydrogen) atoms. The summed E-state index contributed by atoms with van der Waals surface area (Å²) in [5.41, 5.74) is -0.720. The third-order valence-electron chi connectivity index (χ3n) is 3.16. The van der Waals surface area contributed by atoms with Crippen molar-refractivity contribution in [1.29, 1.82) is 0 Å². The zero-order chi connectivity index (χ0) is 15.8. The zero-order valence-electron chi connectivity index (χ0n) is 12.6. The lowest BCUT2D eigenvalue weighted by atomic mass is 9.92. The molecule has 7 nitrogen and oxygen atoms in total. The molecule has 7 heteroatoms. The van der Waals surface area contributed by atoms with Crippen LogP contribution in [-0.2, 0) is 14.3 Å². The Morgan fingerprint density at radius 1 is 1.38 bits per heavy atom. The Balaban J connectivity index is 2.22. The molecule has 1 saturated heterocycles. The third-order valence-corrected chi connectivity index (χ3v) is 3.16. The molecular weight excluding hydrogens is 276 g/mol.